The largest absolute Gasteiger partial charge is 0.354 e. The third-order valence-corrected chi connectivity index (χ3v) is 4.67. The minimum atomic E-state index is -0.00510. The van der Waals surface area contributed by atoms with Crippen LogP contribution in [0.1, 0.15) is 11.4 Å². The van der Waals surface area contributed by atoms with Crippen molar-refractivity contribution < 1.29 is 4.79 Å². The van der Waals surface area contributed by atoms with Gasteiger partial charge in [0.2, 0.25) is 5.91 Å². The third-order valence-electron chi connectivity index (χ3n) is 4.67. The Hall–Kier alpha value is -2.48. The molecule has 8 nitrogen and oxygen atoms in total. The predicted molar refractivity (Wildman–Crippen MR) is 99.9 cm³/mol. The Morgan fingerprint density at radius 3 is 2.77 bits per heavy atom. The zero-order valence-electron chi connectivity index (χ0n) is 15.9. The van der Waals surface area contributed by atoms with E-state index in [2.05, 4.69) is 44.3 Å². The SMILES string of the molecule is Cc1cc(C)n(CC(=O)N[C@@H]2CN(c3ccncn3)C[C@H]2CN(C)C)n1. The molecule has 1 aliphatic heterocycles. The van der Waals surface area contributed by atoms with Gasteiger partial charge < -0.3 is 15.1 Å². The van der Waals surface area contributed by atoms with Crippen molar-refractivity contribution in [3.63, 3.8) is 0 Å². The van der Waals surface area contributed by atoms with Crippen LogP contribution in [-0.4, -0.2) is 70.3 Å². The van der Waals surface area contributed by atoms with E-state index in [0.717, 1.165) is 36.8 Å². The number of anilines is 1. The summed E-state index contributed by atoms with van der Waals surface area (Å²) in [7, 11) is 4.12. The van der Waals surface area contributed by atoms with E-state index in [1.54, 1.807) is 17.2 Å². The molecule has 3 rings (SSSR count). The molecule has 8 heteroatoms. The number of hydrogen-bond donors (Lipinski definition) is 1. The molecule has 0 aromatic carbocycles. The van der Waals surface area contributed by atoms with Crippen LogP contribution in [0.5, 0.6) is 0 Å². The molecular formula is C18H27N7O. The number of carbonyl (C=O) groups is 1. The number of amides is 1. The lowest BCUT2D eigenvalue weighted by Gasteiger charge is -2.22. The van der Waals surface area contributed by atoms with E-state index in [1.165, 1.54) is 0 Å². The summed E-state index contributed by atoms with van der Waals surface area (Å²) in [6, 6.07) is 3.97. The van der Waals surface area contributed by atoms with Gasteiger partial charge in [0.25, 0.3) is 0 Å². The van der Waals surface area contributed by atoms with Crippen LogP contribution in [0.15, 0.2) is 24.7 Å². The van der Waals surface area contributed by atoms with Gasteiger partial charge in [0.1, 0.15) is 18.7 Å². The number of nitrogens with zero attached hydrogens (tertiary/aromatic N) is 6. The van der Waals surface area contributed by atoms with E-state index in [9.17, 15) is 4.79 Å². The quantitative estimate of drug-likeness (QED) is 0.810. The van der Waals surface area contributed by atoms with Crippen molar-refractivity contribution in [1.29, 1.82) is 0 Å². The highest BCUT2D eigenvalue weighted by atomic mass is 16.2. The summed E-state index contributed by atoms with van der Waals surface area (Å²) in [5.41, 5.74) is 1.92. The van der Waals surface area contributed by atoms with Crippen molar-refractivity contribution in [3.8, 4) is 0 Å². The first kappa shape index (κ1) is 18.3. The molecule has 1 fully saturated rings. The number of rotatable bonds is 6. The summed E-state index contributed by atoms with van der Waals surface area (Å²) in [6.07, 6.45) is 3.31. The highest BCUT2D eigenvalue weighted by molar-refractivity contribution is 5.76. The second-order valence-corrected chi connectivity index (χ2v) is 7.25. The van der Waals surface area contributed by atoms with E-state index in [4.69, 9.17) is 0 Å². The van der Waals surface area contributed by atoms with Gasteiger partial charge in [0.05, 0.1) is 11.7 Å². The minimum Gasteiger partial charge on any atom is -0.354 e. The number of nitrogens with one attached hydrogen (secondary N) is 1. The molecule has 140 valence electrons. The van der Waals surface area contributed by atoms with Crippen molar-refractivity contribution >= 4 is 11.7 Å². The van der Waals surface area contributed by atoms with Crippen LogP contribution in [0.4, 0.5) is 5.82 Å². The maximum atomic E-state index is 12.6. The molecule has 26 heavy (non-hydrogen) atoms. The van der Waals surface area contributed by atoms with E-state index in [-0.39, 0.29) is 18.5 Å². The molecule has 2 aromatic rings. The van der Waals surface area contributed by atoms with Gasteiger partial charge in [0, 0.05) is 37.4 Å². The molecule has 2 atom stereocenters. The molecule has 1 aliphatic rings. The Morgan fingerprint density at radius 2 is 2.15 bits per heavy atom. The molecule has 1 amide bonds. The van der Waals surface area contributed by atoms with Crippen molar-refractivity contribution in [2.24, 2.45) is 5.92 Å². The van der Waals surface area contributed by atoms with Gasteiger partial charge in [-0.15, -0.1) is 0 Å². The first-order chi connectivity index (χ1) is 12.4. The number of hydrogen-bond acceptors (Lipinski definition) is 6. The van der Waals surface area contributed by atoms with E-state index in [0.29, 0.717) is 5.92 Å². The van der Waals surface area contributed by atoms with Crippen LogP contribution in [0.25, 0.3) is 0 Å². The lowest BCUT2D eigenvalue weighted by atomic mass is 10.0. The van der Waals surface area contributed by atoms with Gasteiger partial charge in [0.15, 0.2) is 0 Å². The Kier molecular flexibility index (Phi) is 5.51. The molecule has 0 spiro atoms. The van der Waals surface area contributed by atoms with Crippen molar-refractivity contribution in [2.75, 3.05) is 38.6 Å². The molecule has 1 saturated heterocycles. The average Bonchev–Trinajstić information content (AvgIpc) is 3.11. The lowest BCUT2D eigenvalue weighted by molar-refractivity contribution is -0.122. The second kappa shape index (κ2) is 7.82. The summed E-state index contributed by atoms with van der Waals surface area (Å²) < 4.78 is 1.75. The van der Waals surface area contributed by atoms with Crippen molar-refractivity contribution in [3.05, 3.63) is 36.0 Å². The molecule has 0 unspecified atom stereocenters. The first-order valence-electron chi connectivity index (χ1n) is 8.88. The summed E-state index contributed by atoms with van der Waals surface area (Å²) in [5.74, 6) is 1.23. The molecule has 0 saturated carbocycles. The molecule has 3 heterocycles. The standard InChI is InChI=1S/C18H27N7O/c1-13-7-14(2)25(22-13)11-18(26)21-16-10-24(9-15(16)8-23(3)4)17-5-6-19-12-20-17/h5-7,12,15-16H,8-11H2,1-4H3,(H,21,26)/t15-,16-/m1/s1. The molecule has 0 bridgehead atoms. The van der Waals surface area contributed by atoms with Gasteiger partial charge in [-0.2, -0.15) is 5.10 Å². The normalized spacial score (nSPS) is 20.0. The van der Waals surface area contributed by atoms with Crippen LogP contribution >= 0.6 is 0 Å². The molecule has 0 aliphatic carbocycles. The molecule has 1 N–H and O–H groups in total. The van der Waals surface area contributed by atoms with Gasteiger partial charge >= 0.3 is 0 Å². The van der Waals surface area contributed by atoms with Crippen LogP contribution in [-0.2, 0) is 11.3 Å². The Balaban J connectivity index is 1.67. The minimum absolute atomic E-state index is 0.00510. The van der Waals surface area contributed by atoms with Gasteiger partial charge in [-0.25, -0.2) is 9.97 Å². The van der Waals surface area contributed by atoms with Gasteiger partial charge in [-0.3, -0.25) is 9.48 Å². The highest BCUT2D eigenvalue weighted by Crippen LogP contribution is 2.22. The van der Waals surface area contributed by atoms with E-state index in [1.807, 2.05) is 26.0 Å². The molecule has 0 radical (unpaired) electrons. The topological polar surface area (TPSA) is 79.2 Å². The third kappa shape index (κ3) is 4.37. The average molecular weight is 357 g/mol. The Labute approximate surface area is 154 Å². The monoisotopic (exact) mass is 357 g/mol. The zero-order valence-corrected chi connectivity index (χ0v) is 15.9. The molecule has 2 aromatic heterocycles. The number of aryl methyl sites for hydroxylation is 2. The fourth-order valence-corrected chi connectivity index (χ4v) is 3.57. The van der Waals surface area contributed by atoms with Crippen LogP contribution in [0.2, 0.25) is 0 Å². The first-order valence-corrected chi connectivity index (χ1v) is 8.88. The van der Waals surface area contributed by atoms with Gasteiger partial charge in [-0.05, 0) is 40.1 Å². The fourth-order valence-electron chi connectivity index (χ4n) is 3.57. The summed E-state index contributed by atoms with van der Waals surface area (Å²) in [6.45, 7) is 6.67. The van der Waals surface area contributed by atoms with E-state index < -0.39 is 0 Å². The fraction of sp³-hybridized carbons (Fsp3) is 0.556. The van der Waals surface area contributed by atoms with Crippen LogP contribution in [0, 0.1) is 19.8 Å². The highest BCUT2D eigenvalue weighted by Gasteiger charge is 2.34. The summed E-state index contributed by atoms with van der Waals surface area (Å²) >= 11 is 0. The maximum absolute atomic E-state index is 12.6. The van der Waals surface area contributed by atoms with Crippen LogP contribution in [0.3, 0.4) is 0 Å². The summed E-state index contributed by atoms with van der Waals surface area (Å²) in [5, 5.41) is 7.58. The Bertz CT molecular complexity index is 743. The number of carbonyl (C=O) groups excluding carboxylic acids is 1. The summed E-state index contributed by atoms with van der Waals surface area (Å²) in [4.78, 5) is 25.3. The zero-order chi connectivity index (χ0) is 18.7. The van der Waals surface area contributed by atoms with E-state index >= 15 is 0 Å². The molecular weight excluding hydrogens is 330 g/mol. The van der Waals surface area contributed by atoms with Crippen LogP contribution < -0.4 is 10.2 Å². The van der Waals surface area contributed by atoms with Crippen molar-refractivity contribution in [1.82, 2.24) is 30.0 Å². The Morgan fingerprint density at radius 1 is 1.35 bits per heavy atom. The number of aromatic nitrogens is 4. The second-order valence-electron chi connectivity index (χ2n) is 7.25. The maximum Gasteiger partial charge on any atom is 0.242 e. The predicted octanol–water partition coefficient (Wildman–Crippen LogP) is 0.473. The van der Waals surface area contributed by atoms with Gasteiger partial charge in [-0.1, -0.05) is 0 Å². The smallest absolute Gasteiger partial charge is 0.242 e. The lowest BCUT2D eigenvalue weighted by Crippen LogP contribution is -2.44. The van der Waals surface area contributed by atoms with Crippen molar-refractivity contribution in [2.45, 2.75) is 26.4 Å².